The van der Waals surface area contributed by atoms with E-state index in [0.717, 1.165) is 14.0 Å². The molecular weight excluding hydrogens is 233 g/mol. The van der Waals surface area contributed by atoms with Crippen molar-refractivity contribution < 1.29 is 26.7 Å². The highest BCUT2D eigenvalue weighted by Gasteiger charge is 2.37. The predicted molar refractivity (Wildman–Crippen MR) is 45.5 cm³/mol. The number of alkyl halides is 5. The van der Waals surface area contributed by atoms with Crippen LogP contribution in [0.1, 0.15) is 23.4 Å². The van der Waals surface area contributed by atoms with Crippen molar-refractivity contribution in [1.29, 1.82) is 0 Å². The minimum absolute atomic E-state index is 0.358. The standard InChI is InChI=1S/C9H8F5NO/c1-4-5(8(10)11)3-6(16-2)7(15-4)9(12,13)14/h3,8H,1-2H3. The summed E-state index contributed by atoms with van der Waals surface area (Å²) in [7, 11) is 0.969. The van der Waals surface area contributed by atoms with E-state index in [9.17, 15) is 22.0 Å². The summed E-state index contributed by atoms with van der Waals surface area (Å²) in [6.07, 6.45) is -7.61. The van der Waals surface area contributed by atoms with Gasteiger partial charge in [0, 0.05) is 11.3 Å². The van der Waals surface area contributed by atoms with Gasteiger partial charge in [0.1, 0.15) is 5.75 Å². The molecule has 0 aromatic carbocycles. The molecule has 7 heteroatoms. The molecular formula is C9H8F5NO. The van der Waals surface area contributed by atoms with Crippen LogP contribution in [0, 0.1) is 6.92 Å². The van der Waals surface area contributed by atoms with Crippen molar-refractivity contribution in [2.75, 3.05) is 7.11 Å². The average Bonchev–Trinajstić information content (AvgIpc) is 2.15. The highest BCUT2D eigenvalue weighted by molar-refractivity contribution is 5.37. The smallest absolute Gasteiger partial charge is 0.437 e. The second kappa shape index (κ2) is 4.23. The molecule has 90 valence electrons. The maximum Gasteiger partial charge on any atom is 0.437 e. The van der Waals surface area contributed by atoms with Crippen LogP contribution in [-0.2, 0) is 6.18 Å². The van der Waals surface area contributed by atoms with Gasteiger partial charge in [0.25, 0.3) is 6.43 Å². The fourth-order valence-corrected chi connectivity index (χ4v) is 1.18. The van der Waals surface area contributed by atoms with Crippen molar-refractivity contribution in [3.63, 3.8) is 0 Å². The highest BCUT2D eigenvalue weighted by Crippen LogP contribution is 2.37. The van der Waals surface area contributed by atoms with E-state index in [1.165, 1.54) is 0 Å². The van der Waals surface area contributed by atoms with E-state index in [1.807, 2.05) is 0 Å². The summed E-state index contributed by atoms with van der Waals surface area (Å²) in [5.41, 5.74) is -2.22. The Bertz CT molecular complexity index is 388. The van der Waals surface area contributed by atoms with Gasteiger partial charge in [0.15, 0.2) is 5.69 Å². The maximum absolute atomic E-state index is 12.4. The van der Waals surface area contributed by atoms with Gasteiger partial charge in [-0.1, -0.05) is 0 Å². The number of methoxy groups -OCH3 is 1. The van der Waals surface area contributed by atoms with E-state index >= 15 is 0 Å². The van der Waals surface area contributed by atoms with Crippen LogP contribution in [0.25, 0.3) is 0 Å². The summed E-state index contributed by atoms with van der Waals surface area (Å²) >= 11 is 0. The van der Waals surface area contributed by atoms with Crippen LogP contribution in [0.4, 0.5) is 22.0 Å². The number of pyridine rings is 1. The van der Waals surface area contributed by atoms with Crippen LogP contribution in [0.15, 0.2) is 6.07 Å². The Balaban J connectivity index is 3.38. The topological polar surface area (TPSA) is 22.1 Å². The molecule has 1 rings (SSSR count). The molecule has 1 heterocycles. The lowest BCUT2D eigenvalue weighted by atomic mass is 10.1. The summed E-state index contributed by atoms with van der Waals surface area (Å²) < 4.78 is 66.4. The minimum Gasteiger partial charge on any atom is -0.494 e. The van der Waals surface area contributed by atoms with E-state index in [0.29, 0.717) is 6.07 Å². The Morgan fingerprint density at radius 1 is 1.31 bits per heavy atom. The van der Waals surface area contributed by atoms with Crippen LogP contribution in [0.2, 0.25) is 0 Å². The average molecular weight is 241 g/mol. The van der Waals surface area contributed by atoms with E-state index in [-0.39, 0.29) is 5.69 Å². The molecule has 1 aromatic heterocycles. The first-order valence-corrected chi connectivity index (χ1v) is 4.18. The first kappa shape index (κ1) is 12.7. The monoisotopic (exact) mass is 241 g/mol. The molecule has 0 radical (unpaired) electrons. The van der Waals surface area contributed by atoms with Crippen LogP contribution in [0.3, 0.4) is 0 Å². The molecule has 0 bridgehead atoms. The van der Waals surface area contributed by atoms with Gasteiger partial charge in [-0.05, 0) is 13.0 Å². The molecule has 16 heavy (non-hydrogen) atoms. The number of aryl methyl sites for hydroxylation is 1. The molecule has 0 fully saturated rings. The largest absolute Gasteiger partial charge is 0.494 e. The fraction of sp³-hybridized carbons (Fsp3) is 0.444. The summed E-state index contributed by atoms with van der Waals surface area (Å²) in [4.78, 5) is 3.11. The van der Waals surface area contributed by atoms with Crippen LogP contribution in [-0.4, -0.2) is 12.1 Å². The number of nitrogens with zero attached hydrogens (tertiary/aromatic N) is 1. The summed E-state index contributed by atoms with van der Waals surface area (Å²) in [6.45, 7) is 1.09. The molecule has 0 saturated heterocycles. The second-order valence-electron chi connectivity index (χ2n) is 3.01. The lowest BCUT2D eigenvalue weighted by Gasteiger charge is -2.14. The Labute approximate surface area is 88.1 Å². The van der Waals surface area contributed by atoms with Crippen molar-refractivity contribution >= 4 is 0 Å². The molecule has 2 nitrogen and oxygen atoms in total. The lowest BCUT2D eigenvalue weighted by Crippen LogP contribution is -2.12. The molecule has 0 aliphatic rings. The van der Waals surface area contributed by atoms with E-state index in [1.54, 1.807) is 0 Å². The minimum atomic E-state index is -4.73. The van der Waals surface area contributed by atoms with Crippen LogP contribution < -0.4 is 4.74 Å². The zero-order valence-electron chi connectivity index (χ0n) is 8.40. The molecule has 0 saturated carbocycles. The van der Waals surface area contributed by atoms with Gasteiger partial charge in [-0.2, -0.15) is 13.2 Å². The van der Waals surface area contributed by atoms with Crippen molar-refractivity contribution in [1.82, 2.24) is 4.98 Å². The number of hydrogen-bond acceptors (Lipinski definition) is 2. The van der Waals surface area contributed by atoms with Gasteiger partial charge in [-0.15, -0.1) is 0 Å². The molecule has 0 unspecified atom stereocenters. The Hall–Kier alpha value is -1.40. The van der Waals surface area contributed by atoms with E-state index in [2.05, 4.69) is 9.72 Å². The van der Waals surface area contributed by atoms with Gasteiger partial charge in [0.2, 0.25) is 0 Å². The first-order chi connectivity index (χ1) is 7.27. The number of ether oxygens (including phenoxy) is 1. The van der Waals surface area contributed by atoms with Crippen molar-refractivity contribution in [3.8, 4) is 5.75 Å². The fourth-order valence-electron chi connectivity index (χ4n) is 1.18. The molecule has 0 aliphatic heterocycles. The lowest BCUT2D eigenvalue weighted by molar-refractivity contribution is -0.142. The third-order valence-electron chi connectivity index (χ3n) is 1.94. The quantitative estimate of drug-likeness (QED) is 0.740. The normalized spacial score (nSPS) is 12.0. The first-order valence-electron chi connectivity index (χ1n) is 4.18. The SMILES string of the molecule is COc1cc(C(F)F)c(C)nc1C(F)(F)F. The van der Waals surface area contributed by atoms with E-state index < -0.39 is 29.6 Å². The molecule has 1 aromatic rings. The van der Waals surface area contributed by atoms with Crippen molar-refractivity contribution in [2.45, 2.75) is 19.5 Å². The van der Waals surface area contributed by atoms with Crippen LogP contribution in [0.5, 0.6) is 5.75 Å². The van der Waals surface area contributed by atoms with Crippen molar-refractivity contribution in [3.05, 3.63) is 23.0 Å². The molecule has 0 aliphatic carbocycles. The Kier molecular flexibility index (Phi) is 3.35. The maximum atomic E-state index is 12.4. The third kappa shape index (κ3) is 2.40. The molecule has 0 amide bonds. The second-order valence-corrected chi connectivity index (χ2v) is 3.01. The number of halogens is 5. The summed E-state index contributed by atoms with van der Waals surface area (Å²) in [6, 6.07) is 0.663. The number of hydrogen-bond donors (Lipinski definition) is 0. The zero-order valence-corrected chi connectivity index (χ0v) is 8.40. The Morgan fingerprint density at radius 2 is 1.88 bits per heavy atom. The summed E-state index contributed by atoms with van der Waals surface area (Å²) in [5, 5.41) is 0. The molecule has 0 N–H and O–H groups in total. The molecule has 0 atom stereocenters. The van der Waals surface area contributed by atoms with E-state index in [4.69, 9.17) is 0 Å². The van der Waals surface area contributed by atoms with Gasteiger partial charge in [0.05, 0.1) is 7.11 Å². The van der Waals surface area contributed by atoms with Gasteiger partial charge in [-0.3, -0.25) is 0 Å². The number of aromatic nitrogens is 1. The number of rotatable bonds is 2. The van der Waals surface area contributed by atoms with Crippen LogP contribution >= 0.6 is 0 Å². The highest BCUT2D eigenvalue weighted by atomic mass is 19.4. The third-order valence-corrected chi connectivity index (χ3v) is 1.94. The van der Waals surface area contributed by atoms with Gasteiger partial charge < -0.3 is 4.74 Å². The Morgan fingerprint density at radius 3 is 2.25 bits per heavy atom. The van der Waals surface area contributed by atoms with Gasteiger partial charge in [-0.25, -0.2) is 13.8 Å². The molecule has 0 spiro atoms. The van der Waals surface area contributed by atoms with Gasteiger partial charge >= 0.3 is 6.18 Å². The van der Waals surface area contributed by atoms with Crippen molar-refractivity contribution in [2.24, 2.45) is 0 Å². The summed E-state index contributed by atoms with van der Waals surface area (Å²) in [5.74, 6) is -0.701. The zero-order chi connectivity index (χ0) is 12.5. The predicted octanol–water partition coefficient (Wildman–Crippen LogP) is 3.36.